The van der Waals surface area contributed by atoms with E-state index in [0.717, 1.165) is 23.2 Å². The minimum absolute atomic E-state index is 0.00263. The molecule has 0 aliphatic heterocycles. The molecule has 4 aromatic rings. The van der Waals surface area contributed by atoms with E-state index in [9.17, 15) is 19.2 Å². The number of halogens is 2. The summed E-state index contributed by atoms with van der Waals surface area (Å²) in [6.07, 6.45) is 0.974. The lowest BCUT2D eigenvalue weighted by atomic mass is 10.0. The molecule has 10 nitrogen and oxygen atoms in total. The average Bonchev–Trinajstić information content (AvgIpc) is 2.99. The molecular formula is C31H32Cl2N4O6. The van der Waals surface area contributed by atoms with Gasteiger partial charge in [-0.15, -0.1) is 0 Å². The summed E-state index contributed by atoms with van der Waals surface area (Å²) in [5, 5.41) is 6.59. The van der Waals surface area contributed by atoms with Crippen molar-refractivity contribution in [3.63, 3.8) is 0 Å². The van der Waals surface area contributed by atoms with E-state index in [1.54, 1.807) is 49.5 Å². The van der Waals surface area contributed by atoms with Crippen LogP contribution in [0.2, 0.25) is 10.0 Å². The summed E-state index contributed by atoms with van der Waals surface area (Å²) in [7, 11) is 3.09. The maximum absolute atomic E-state index is 13.5. The Morgan fingerprint density at radius 3 is 2.33 bits per heavy atom. The zero-order valence-corrected chi connectivity index (χ0v) is 25.5. The summed E-state index contributed by atoms with van der Waals surface area (Å²) in [4.78, 5) is 52.7. The first-order valence-electron chi connectivity index (χ1n) is 13.7. The summed E-state index contributed by atoms with van der Waals surface area (Å²) < 4.78 is 12.8. The van der Waals surface area contributed by atoms with Crippen LogP contribution in [-0.2, 0) is 27.7 Å². The zero-order valence-electron chi connectivity index (χ0n) is 24.0. The highest BCUT2D eigenvalue weighted by Gasteiger charge is 2.26. The van der Waals surface area contributed by atoms with Gasteiger partial charge in [0.15, 0.2) is 0 Å². The minimum Gasteiger partial charge on any atom is -0.462 e. The SMILES string of the molecule is CCCNc1ccc2c(c1)c(=O)n(-c1ccc(C[C@H](NC(=O)c3c(Cl)cccc3Cl)C(=O)OCCOC)cc1)c(=O)n2C. The third-order valence-corrected chi connectivity index (χ3v) is 7.42. The van der Waals surface area contributed by atoms with E-state index in [4.69, 9.17) is 32.7 Å². The minimum atomic E-state index is -1.09. The van der Waals surface area contributed by atoms with Crippen molar-refractivity contribution >= 4 is 51.7 Å². The van der Waals surface area contributed by atoms with E-state index in [1.807, 2.05) is 13.0 Å². The van der Waals surface area contributed by atoms with Crippen LogP contribution < -0.4 is 21.9 Å². The summed E-state index contributed by atoms with van der Waals surface area (Å²) in [6.45, 7) is 2.98. The highest BCUT2D eigenvalue weighted by Crippen LogP contribution is 2.24. The van der Waals surface area contributed by atoms with Crippen LogP contribution >= 0.6 is 23.2 Å². The number of carbonyl (C=O) groups is 2. The van der Waals surface area contributed by atoms with Crippen LogP contribution in [0, 0.1) is 0 Å². The molecule has 0 radical (unpaired) electrons. The number of hydrogen-bond donors (Lipinski definition) is 2. The molecular weight excluding hydrogens is 595 g/mol. The molecule has 1 atom stereocenters. The fourth-order valence-corrected chi connectivity index (χ4v) is 5.12. The monoisotopic (exact) mass is 626 g/mol. The lowest BCUT2D eigenvalue weighted by Gasteiger charge is -2.19. The van der Waals surface area contributed by atoms with E-state index in [0.29, 0.717) is 22.2 Å². The van der Waals surface area contributed by atoms with Gasteiger partial charge in [-0.2, -0.15) is 0 Å². The molecule has 0 aliphatic rings. The molecule has 0 bridgehead atoms. The fourth-order valence-electron chi connectivity index (χ4n) is 4.55. The second-order valence-electron chi connectivity index (χ2n) is 9.79. The molecule has 1 aromatic heterocycles. The van der Waals surface area contributed by atoms with E-state index < -0.39 is 29.2 Å². The lowest BCUT2D eigenvalue weighted by molar-refractivity contribution is -0.147. The molecule has 1 heterocycles. The van der Waals surface area contributed by atoms with E-state index in [1.165, 1.54) is 23.8 Å². The number of aromatic nitrogens is 2. The molecule has 12 heteroatoms. The fraction of sp³-hybridized carbons (Fsp3) is 0.290. The number of nitrogens with one attached hydrogen (secondary N) is 2. The predicted octanol–water partition coefficient (Wildman–Crippen LogP) is 4.35. The lowest BCUT2D eigenvalue weighted by Crippen LogP contribution is -2.44. The average molecular weight is 628 g/mol. The van der Waals surface area contributed by atoms with Gasteiger partial charge in [-0.3, -0.25) is 14.2 Å². The van der Waals surface area contributed by atoms with Gasteiger partial charge in [0.25, 0.3) is 11.5 Å². The van der Waals surface area contributed by atoms with Crippen LogP contribution in [-0.4, -0.2) is 53.9 Å². The number of benzene rings is 3. The van der Waals surface area contributed by atoms with Crippen LogP contribution in [0.25, 0.3) is 16.6 Å². The number of methoxy groups -OCH3 is 1. The third-order valence-electron chi connectivity index (χ3n) is 6.79. The number of rotatable bonds is 12. The van der Waals surface area contributed by atoms with Crippen molar-refractivity contribution in [3.8, 4) is 5.69 Å². The molecule has 4 rings (SSSR count). The van der Waals surface area contributed by atoms with Crippen molar-refractivity contribution < 1.29 is 19.1 Å². The number of hydrogen-bond acceptors (Lipinski definition) is 7. The molecule has 0 saturated heterocycles. The molecule has 43 heavy (non-hydrogen) atoms. The largest absolute Gasteiger partial charge is 0.462 e. The van der Waals surface area contributed by atoms with Crippen molar-refractivity contribution in [2.45, 2.75) is 25.8 Å². The number of ether oxygens (including phenoxy) is 2. The topological polar surface area (TPSA) is 121 Å². The Labute approximate surface area is 258 Å². The van der Waals surface area contributed by atoms with Gasteiger partial charge in [0.05, 0.1) is 38.8 Å². The van der Waals surface area contributed by atoms with E-state index in [2.05, 4.69) is 10.6 Å². The maximum atomic E-state index is 13.5. The molecule has 0 aliphatic carbocycles. The quantitative estimate of drug-likeness (QED) is 0.177. The number of carbonyl (C=O) groups excluding carboxylic acids is 2. The van der Waals surface area contributed by atoms with Crippen molar-refractivity contribution in [1.82, 2.24) is 14.5 Å². The summed E-state index contributed by atoms with van der Waals surface area (Å²) in [6, 6.07) is 15.5. The Morgan fingerprint density at radius 1 is 0.977 bits per heavy atom. The predicted molar refractivity (Wildman–Crippen MR) is 168 cm³/mol. The number of aryl methyl sites for hydroxylation is 1. The molecule has 1 amide bonds. The Balaban J connectivity index is 1.64. The second kappa shape index (κ2) is 14.4. The Kier molecular flexibility index (Phi) is 10.6. The van der Waals surface area contributed by atoms with E-state index in [-0.39, 0.29) is 35.2 Å². The summed E-state index contributed by atoms with van der Waals surface area (Å²) in [5.74, 6) is -1.32. The van der Waals surface area contributed by atoms with Crippen molar-refractivity contribution in [2.75, 3.05) is 32.2 Å². The highest BCUT2D eigenvalue weighted by atomic mass is 35.5. The molecule has 0 unspecified atom stereocenters. The van der Waals surface area contributed by atoms with Crippen LogP contribution in [0.15, 0.2) is 70.3 Å². The van der Waals surface area contributed by atoms with Gasteiger partial charge in [0, 0.05) is 32.8 Å². The van der Waals surface area contributed by atoms with Gasteiger partial charge < -0.3 is 20.1 Å². The first-order valence-corrected chi connectivity index (χ1v) is 14.4. The zero-order chi connectivity index (χ0) is 31.1. The van der Waals surface area contributed by atoms with Crippen molar-refractivity contribution in [2.24, 2.45) is 7.05 Å². The smallest absolute Gasteiger partial charge is 0.335 e. The second-order valence-corrected chi connectivity index (χ2v) is 10.6. The maximum Gasteiger partial charge on any atom is 0.335 e. The third kappa shape index (κ3) is 7.27. The van der Waals surface area contributed by atoms with Crippen molar-refractivity contribution in [1.29, 1.82) is 0 Å². The Bertz CT molecular complexity index is 1730. The Hall–Kier alpha value is -4.12. The van der Waals surface area contributed by atoms with Crippen LogP contribution in [0.3, 0.4) is 0 Å². The van der Waals surface area contributed by atoms with Gasteiger partial charge in [-0.05, 0) is 54.4 Å². The van der Waals surface area contributed by atoms with Gasteiger partial charge in [0.1, 0.15) is 12.6 Å². The van der Waals surface area contributed by atoms with E-state index >= 15 is 0 Å². The molecule has 3 aromatic carbocycles. The molecule has 226 valence electrons. The number of nitrogens with zero attached hydrogens (tertiary/aromatic N) is 2. The summed E-state index contributed by atoms with van der Waals surface area (Å²) in [5.41, 5.74) is 1.39. The normalized spacial score (nSPS) is 11.7. The number of esters is 1. The van der Waals surface area contributed by atoms with Crippen LogP contribution in [0.4, 0.5) is 5.69 Å². The molecule has 2 N–H and O–H groups in total. The molecule has 0 saturated carbocycles. The molecule has 0 fully saturated rings. The first-order chi connectivity index (χ1) is 20.7. The summed E-state index contributed by atoms with van der Waals surface area (Å²) >= 11 is 12.4. The highest BCUT2D eigenvalue weighted by molar-refractivity contribution is 6.39. The van der Waals surface area contributed by atoms with Crippen molar-refractivity contribution in [3.05, 3.63) is 103 Å². The first kappa shape index (κ1) is 31.8. The van der Waals surface area contributed by atoms with Gasteiger partial charge in [-0.1, -0.05) is 48.3 Å². The van der Waals surface area contributed by atoms with Gasteiger partial charge >= 0.3 is 11.7 Å². The number of fused-ring (bicyclic) bond motifs is 1. The van der Waals surface area contributed by atoms with Gasteiger partial charge in [0.2, 0.25) is 0 Å². The van der Waals surface area contributed by atoms with Gasteiger partial charge in [-0.25, -0.2) is 14.2 Å². The number of anilines is 1. The Morgan fingerprint density at radius 2 is 1.67 bits per heavy atom. The van der Waals surface area contributed by atoms with Crippen LogP contribution in [0.1, 0.15) is 29.3 Å². The van der Waals surface area contributed by atoms with Crippen LogP contribution in [0.5, 0.6) is 0 Å². The standard InChI is InChI=1S/C31H32Cl2N4O6/c1-4-14-34-20-10-13-26-22(18-20)29(39)37(31(41)36(26)2)21-11-8-19(9-12-21)17-25(30(40)43-16-15-42-3)35-28(38)27-23(32)6-5-7-24(27)33/h5-13,18,25,34H,4,14-17H2,1-3H3,(H,35,38)/t25-/m0/s1. The number of amides is 1. The molecule has 0 spiro atoms.